The lowest BCUT2D eigenvalue weighted by atomic mass is 10.2. The molecular formula is C11H13ClN2OS. The molecule has 1 aliphatic heterocycles. The highest BCUT2D eigenvalue weighted by molar-refractivity contribution is 8.00. The SMILES string of the molecule is NCC1CN(c2ccc(Cl)cc2)C(=O)CS1. The molecule has 86 valence electrons. The molecule has 0 saturated carbocycles. The van der Waals surface area contributed by atoms with Crippen molar-refractivity contribution in [3.8, 4) is 0 Å². The van der Waals surface area contributed by atoms with Crippen LogP contribution < -0.4 is 10.6 Å². The second kappa shape index (κ2) is 5.08. The van der Waals surface area contributed by atoms with Gasteiger partial charge in [-0.05, 0) is 24.3 Å². The van der Waals surface area contributed by atoms with Gasteiger partial charge in [0.15, 0.2) is 0 Å². The van der Waals surface area contributed by atoms with Crippen LogP contribution in [0.1, 0.15) is 0 Å². The maximum absolute atomic E-state index is 11.8. The third-order valence-corrected chi connectivity index (χ3v) is 4.01. The third kappa shape index (κ3) is 2.51. The van der Waals surface area contributed by atoms with Gasteiger partial charge in [-0.25, -0.2) is 0 Å². The summed E-state index contributed by atoms with van der Waals surface area (Å²) in [6.45, 7) is 1.28. The van der Waals surface area contributed by atoms with E-state index < -0.39 is 0 Å². The van der Waals surface area contributed by atoms with Crippen LogP contribution >= 0.6 is 23.4 Å². The quantitative estimate of drug-likeness (QED) is 0.877. The van der Waals surface area contributed by atoms with Gasteiger partial charge in [-0.1, -0.05) is 11.6 Å². The third-order valence-electron chi connectivity index (χ3n) is 2.53. The number of benzene rings is 1. The molecule has 0 bridgehead atoms. The van der Waals surface area contributed by atoms with E-state index in [0.29, 0.717) is 29.1 Å². The molecule has 2 N–H and O–H groups in total. The maximum Gasteiger partial charge on any atom is 0.237 e. The smallest absolute Gasteiger partial charge is 0.237 e. The van der Waals surface area contributed by atoms with Gasteiger partial charge in [0.25, 0.3) is 0 Å². The van der Waals surface area contributed by atoms with Crippen LogP contribution in [0, 0.1) is 0 Å². The van der Waals surface area contributed by atoms with Crippen LogP contribution in [0.2, 0.25) is 5.02 Å². The summed E-state index contributed by atoms with van der Waals surface area (Å²) in [5.41, 5.74) is 6.53. The lowest BCUT2D eigenvalue weighted by molar-refractivity contribution is -0.116. The fourth-order valence-electron chi connectivity index (χ4n) is 1.64. The second-order valence-corrected chi connectivity index (χ2v) is 5.37. The Morgan fingerprint density at radius 2 is 2.12 bits per heavy atom. The zero-order chi connectivity index (χ0) is 11.5. The van der Waals surface area contributed by atoms with Crippen molar-refractivity contribution in [2.24, 2.45) is 5.73 Å². The minimum atomic E-state index is 0.136. The van der Waals surface area contributed by atoms with Crippen LogP contribution in [0.25, 0.3) is 0 Å². The standard InChI is InChI=1S/C11H13ClN2OS/c12-8-1-3-9(4-2-8)14-6-10(5-13)16-7-11(14)15/h1-4,10H,5-7,13H2. The number of carbonyl (C=O) groups excluding carboxylic acids is 1. The molecule has 16 heavy (non-hydrogen) atoms. The highest BCUT2D eigenvalue weighted by Gasteiger charge is 2.26. The predicted molar refractivity (Wildman–Crippen MR) is 69.1 cm³/mol. The summed E-state index contributed by atoms with van der Waals surface area (Å²) in [4.78, 5) is 13.6. The Balaban J connectivity index is 2.17. The van der Waals surface area contributed by atoms with Crippen LogP contribution in [-0.2, 0) is 4.79 Å². The fraction of sp³-hybridized carbons (Fsp3) is 0.364. The van der Waals surface area contributed by atoms with Gasteiger partial charge < -0.3 is 10.6 Å². The van der Waals surface area contributed by atoms with Gasteiger partial charge in [0.1, 0.15) is 0 Å². The Kier molecular flexibility index (Phi) is 3.74. The van der Waals surface area contributed by atoms with Crippen molar-refractivity contribution >= 4 is 35.0 Å². The Morgan fingerprint density at radius 1 is 1.44 bits per heavy atom. The molecule has 0 spiro atoms. The average Bonchev–Trinajstić information content (AvgIpc) is 2.31. The average molecular weight is 257 g/mol. The molecule has 1 atom stereocenters. The number of thioether (sulfide) groups is 1. The molecule has 2 rings (SSSR count). The number of hydrogen-bond donors (Lipinski definition) is 1. The van der Waals surface area contributed by atoms with Crippen molar-refractivity contribution in [2.45, 2.75) is 5.25 Å². The first kappa shape index (κ1) is 11.8. The van der Waals surface area contributed by atoms with E-state index in [9.17, 15) is 4.79 Å². The first-order valence-electron chi connectivity index (χ1n) is 5.08. The summed E-state index contributed by atoms with van der Waals surface area (Å²) in [7, 11) is 0. The van der Waals surface area contributed by atoms with Crippen molar-refractivity contribution in [1.29, 1.82) is 0 Å². The monoisotopic (exact) mass is 256 g/mol. The van der Waals surface area contributed by atoms with Crippen LogP contribution in [0.4, 0.5) is 5.69 Å². The maximum atomic E-state index is 11.8. The van der Waals surface area contributed by atoms with Crippen molar-refractivity contribution in [3.05, 3.63) is 29.3 Å². The number of rotatable bonds is 2. The number of hydrogen-bond acceptors (Lipinski definition) is 3. The molecular weight excluding hydrogens is 244 g/mol. The molecule has 1 saturated heterocycles. The molecule has 0 radical (unpaired) electrons. The molecule has 0 aliphatic carbocycles. The van der Waals surface area contributed by atoms with Gasteiger partial charge in [0, 0.05) is 29.0 Å². The van der Waals surface area contributed by atoms with E-state index in [1.807, 2.05) is 12.1 Å². The minimum absolute atomic E-state index is 0.136. The van der Waals surface area contributed by atoms with E-state index >= 15 is 0 Å². The zero-order valence-corrected chi connectivity index (χ0v) is 10.3. The summed E-state index contributed by atoms with van der Waals surface area (Å²) < 4.78 is 0. The van der Waals surface area contributed by atoms with Gasteiger partial charge in [0.05, 0.1) is 5.75 Å². The van der Waals surface area contributed by atoms with Crippen molar-refractivity contribution in [3.63, 3.8) is 0 Å². The lowest BCUT2D eigenvalue weighted by Gasteiger charge is -2.31. The topological polar surface area (TPSA) is 46.3 Å². The van der Waals surface area contributed by atoms with E-state index in [1.165, 1.54) is 0 Å². The van der Waals surface area contributed by atoms with E-state index in [4.69, 9.17) is 17.3 Å². The summed E-state index contributed by atoms with van der Waals surface area (Å²) >= 11 is 7.45. The first-order chi connectivity index (χ1) is 7.70. The Labute approximate surface area is 104 Å². The predicted octanol–water partition coefficient (Wildman–Crippen LogP) is 1.75. The van der Waals surface area contributed by atoms with Crippen molar-refractivity contribution in [2.75, 3.05) is 23.7 Å². The number of anilines is 1. The van der Waals surface area contributed by atoms with E-state index in [2.05, 4.69) is 0 Å². The van der Waals surface area contributed by atoms with Crippen LogP contribution in [0.15, 0.2) is 24.3 Å². The molecule has 5 heteroatoms. The van der Waals surface area contributed by atoms with Gasteiger partial charge >= 0.3 is 0 Å². The van der Waals surface area contributed by atoms with Crippen molar-refractivity contribution in [1.82, 2.24) is 0 Å². The molecule has 1 amide bonds. The van der Waals surface area contributed by atoms with E-state index in [1.54, 1.807) is 28.8 Å². The fourth-order valence-corrected chi connectivity index (χ4v) is 2.69. The number of amides is 1. The largest absolute Gasteiger partial charge is 0.329 e. The Hall–Kier alpha value is -0.710. The van der Waals surface area contributed by atoms with Gasteiger partial charge in [-0.15, -0.1) is 11.8 Å². The van der Waals surface area contributed by atoms with Crippen LogP contribution in [0.3, 0.4) is 0 Å². The molecule has 1 aromatic carbocycles. The zero-order valence-electron chi connectivity index (χ0n) is 8.73. The summed E-state index contributed by atoms with van der Waals surface area (Å²) in [5, 5.41) is 1.01. The summed E-state index contributed by atoms with van der Waals surface area (Å²) in [6, 6.07) is 7.32. The molecule has 1 aromatic rings. The lowest BCUT2D eigenvalue weighted by Crippen LogP contribution is -2.44. The minimum Gasteiger partial charge on any atom is -0.329 e. The van der Waals surface area contributed by atoms with E-state index in [0.717, 1.165) is 5.69 Å². The first-order valence-corrected chi connectivity index (χ1v) is 6.51. The van der Waals surface area contributed by atoms with Gasteiger partial charge in [-0.3, -0.25) is 4.79 Å². The number of nitrogens with two attached hydrogens (primary N) is 1. The summed E-state index contributed by atoms with van der Waals surface area (Å²) in [6.07, 6.45) is 0. The molecule has 1 fully saturated rings. The van der Waals surface area contributed by atoms with E-state index in [-0.39, 0.29) is 5.91 Å². The highest BCUT2D eigenvalue weighted by Crippen LogP contribution is 2.25. The number of halogens is 1. The molecule has 3 nitrogen and oxygen atoms in total. The number of carbonyl (C=O) groups is 1. The van der Waals surface area contributed by atoms with Crippen LogP contribution in [0.5, 0.6) is 0 Å². The summed E-state index contributed by atoms with van der Waals surface area (Å²) in [5.74, 6) is 0.641. The molecule has 1 heterocycles. The Bertz CT molecular complexity index is 382. The normalized spacial score (nSPS) is 21.2. The molecule has 0 aromatic heterocycles. The highest BCUT2D eigenvalue weighted by atomic mass is 35.5. The molecule has 1 aliphatic rings. The second-order valence-electron chi connectivity index (χ2n) is 3.65. The van der Waals surface area contributed by atoms with Gasteiger partial charge in [0.2, 0.25) is 5.91 Å². The Morgan fingerprint density at radius 3 is 2.75 bits per heavy atom. The number of nitrogens with zero attached hydrogens (tertiary/aromatic N) is 1. The van der Waals surface area contributed by atoms with Gasteiger partial charge in [-0.2, -0.15) is 0 Å². The van der Waals surface area contributed by atoms with Crippen LogP contribution in [-0.4, -0.2) is 30.0 Å². The van der Waals surface area contributed by atoms with Crippen molar-refractivity contribution < 1.29 is 4.79 Å². The molecule has 1 unspecified atom stereocenters.